The van der Waals surface area contributed by atoms with Crippen molar-refractivity contribution in [2.45, 2.75) is 6.92 Å². The van der Waals surface area contributed by atoms with Crippen molar-refractivity contribution in [1.82, 2.24) is 0 Å². The molecule has 0 bridgehead atoms. The third kappa shape index (κ3) is 2.28. The van der Waals surface area contributed by atoms with Gasteiger partial charge in [0.25, 0.3) is 0 Å². The van der Waals surface area contributed by atoms with Gasteiger partial charge in [0, 0.05) is 0 Å². The lowest BCUT2D eigenvalue weighted by Gasteiger charge is -2.02. The smallest absolute Gasteiger partial charge is 0.326 e. The molecular formula is C8H10BO2. The molecular weight excluding hydrogens is 139 g/mol. The highest BCUT2D eigenvalue weighted by Gasteiger charge is 1.94. The number of ether oxygens (including phenoxy) is 1. The lowest BCUT2D eigenvalue weighted by atomic mass is 9.89. The van der Waals surface area contributed by atoms with Crippen LogP contribution in [0.5, 0.6) is 5.75 Å². The zero-order valence-corrected chi connectivity index (χ0v) is 6.45. The van der Waals surface area contributed by atoms with Crippen molar-refractivity contribution in [3.05, 3.63) is 24.3 Å². The predicted octanol–water partition coefficient (Wildman–Crippen LogP) is 0.322. The molecule has 0 aliphatic heterocycles. The van der Waals surface area contributed by atoms with Gasteiger partial charge in [0.05, 0.1) is 6.61 Å². The van der Waals surface area contributed by atoms with Crippen LogP contribution in [0.2, 0.25) is 0 Å². The van der Waals surface area contributed by atoms with Crippen LogP contribution in [0.15, 0.2) is 24.3 Å². The van der Waals surface area contributed by atoms with Crippen molar-refractivity contribution in [2.75, 3.05) is 6.61 Å². The first-order chi connectivity index (χ1) is 5.36. The van der Waals surface area contributed by atoms with Gasteiger partial charge < -0.3 is 9.76 Å². The Balaban J connectivity index is 2.74. The SMILES string of the molecule is CCOc1cccc([B]O)c1. The van der Waals surface area contributed by atoms with E-state index in [1.165, 1.54) is 0 Å². The average molecular weight is 149 g/mol. The van der Waals surface area contributed by atoms with Crippen LogP contribution in [0.25, 0.3) is 0 Å². The van der Waals surface area contributed by atoms with Gasteiger partial charge in [-0.1, -0.05) is 17.6 Å². The molecule has 0 spiro atoms. The van der Waals surface area contributed by atoms with Crippen molar-refractivity contribution in [2.24, 2.45) is 0 Å². The fourth-order valence-electron chi connectivity index (χ4n) is 0.851. The molecule has 2 nitrogen and oxygen atoms in total. The van der Waals surface area contributed by atoms with Crippen LogP contribution in [-0.4, -0.2) is 19.1 Å². The van der Waals surface area contributed by atoms with Crippen LogP contribution in [0.1, 0.15) is 6.92 Å². The largest absolute Gasteiger partial charge is 0.494 e. The quantitative estimate of drug-likeness (QED) is 0.627. The Morgan fingerprint density at radius 1 is 1.55 bits per heavy atom. The van der Waals surface area contributed by atoms with E-state index in [2.05, 4.69) is 0 Å². The molecule has 11 heavy (non-hydrogen) atoms. The normalized spacial score (nSPS) is 9.27. The minimum absolute atomic E-state index is 0.648. The van der Waals surface area contributed by atoms with Crippen LogP contribution >= 0.6 is 0 Å². The molecule has 1 N–H and O–H groups in total. The topological polar surface area (TPSA) is 29.5 Å². The summed E-state index contributed by atoms with van der Waals surface area (Å²) in [6.07, 6.45) is 0. The number of rotatable bonds is 3. The first kappa shape index (κ1) is 8.14. The highest BCUT2D eigenvalue weighted by Crippen LogP contribution is 2.05. The van der Waals surface area contributed by atoms with E-state index in [4.69, 9.17) is 9.76 Å². The summed E-state index contributed by atoms with van der Waals surface area (Å²) in [6, 6.07) is 7.29. The summed E-state index contributed by atoms with van der Waals surface area (Å²) in [5, 5.41) is 8.65. The highest BCUT2D eigenvalue weighted by atomic mass is 16.5. The van der Waals surface area contributed by atoms with Crippen LogP contribution < -0.4 is 10.2 Å². The molecule has 0 saturated heterocycles. The van der Waals surface area contributed by atoms with Crippen LogP contribution in [0, 0.1) is 0 Å². The molecule has 1 aromatic carbocycles. The highest BCUT2D eigenvalue weighted by molar-refractivity contribution is 6.45. The summed E-state index contributed by atoms with van der Waals surface area (Å²) in [5.74, 6) is 0.787. The number of benzene rings is 1. The van der Waals surface area contributed by atoms with Crippen molar-refractivity contribution in [1.29, 1.82) is 0 Å². The van der Waals surface area contributed by atoms with E-state index < -0.39 is 0 Å². The lowest BCUT2D eigenvalue weighted by molar-refractivity contribution is 0.340. The van der Waals surface area contributed by atoms with Gasteiger partial charge in [-0.2, -0.15) is 0 Å². The van der Waals surface area contributed by atoms with E-state index in [1.54, 1.807) is 6.07 Å². The molecule has 0 unspecified atom stereocenters. The maximum Gasteiger partial charge on any atom is 0.326 e. The third-order valence-corrected chi connectivity index (χ3v) is 1.32. The van der Waals surface area contributed by atoms with Gasteiger partial charge in [-0.05, 0) is 19.1 Å². The van der Waals surface area contributed by atoms with E-state index in [0.717, 1.165) is 18.7 Å². The zero-order valence-electron chi connectivity index (χ0n) is 6.45. The van der Waals surface area contributed by atoms with Gasteiger partial charge in [0.2, 0.25) is 0 Å². The summed E-state index contributed by atoms with van der Waals surface area (Å²) < 4.78 is 5.22. The fourth-order valence-corrected chi connectivity index (χ4v) is 0.851. The van der Waals surface area contributed by atoms with Gasteiger partial charge in [-0.25, -0.2) is 0 Å². The Morgan fingerprint density at radius 2 is 2.36 bits per heavy atom. The molecule has 0 amide bonds. The molecule has 0 aromatic heterocycles. The maximum absolute atomic E-state index is 8.65. The maximum atomic E-state index is 8.65. The van der Waals surface area contributed by atoms with Crippen molar-refractivity contribution >= 4 is 12.9 Å². The summed E-state index contributed by atoms with van der Waals surface area (Å²) in [6.45, 7) is 2.57. The minimum Gasteiger partial charge on any atom is -0.494 e. The molecule has 57 valence electrons. The second-order valence-corrected chi connectivity index (χ2v) is 2.13. The van der Waals surface area contributed by atoms with Gasteiger partial charge in [0.1, 0.15) is 5.75 Å². The molecule has 1 radical (unpaired) electrons. The zero-order chi connectivity index (χ0) is 8.10. The predicted molar refractivity (Wildman–Crippen MR) is 45.2 cm³/mol. The molecule has 0 fully saturated rings. The molecule has 0 heterocycles. The number of hydrogen-bond acceptors (Lipinski definition) is 2. The molecule has 1 aromatic rings. The van der Waals surface area contributed by atoms with E-state index in [-0.39, 0.29) is 0 Å². The minimum atomic E-state index is 0.648. The van der Waals surface area contributed by atoms with Gasteiger partial charge >= 0.3 is 7.48 Å². The standard InChI is InChI=1S/C8H10BO2/c1-2-11-8-5-3-4-7(6-8)9-10/h3-6,10H,2H2,1H3. The van der Waals surface area contributed by atoms with Gasteiger partial charge in [0.15, 0.2) is 0 Å². The van der Waals surface area contributed by atoms with E-state index in [1.807, 2.05) is 25.1 Å². The Kier molecular flexibility index (Phi) is 2.99. The van der Waals surface area contributed by atoms with Gasteiger partial charge in [-0.15, -0.1) is 0 Å². The molecule has 3 heteroatoms. The van der Waals surface area contributed by atoms with E-state index >= 15 is 0 Å². The fraction of sp³-hybridized carbons (Fsp3) is 0.250. The third-order valence-electron chi connectivity index (χ3n) is 1.32. The Hall–Kier alpha value is -0.955. The second kappa shape index (κ2) is 4.03. The van der Waals surface area contributed by atoms with Crippen LogP contribution in [0.4, 0.5) is 0 Å². The second-order valence-electron chi connectivity index (χ2n) is 2.13. The van der Waals surface area contributed by atoms with Crippen LogP contribution in [0.3, 0.4) is 0 Å². The molecule has 0 atom stereocenters. The Morgan fingerprint density at radius 3 is 3.00 bits per heavy atom. The molecule has 0 saturated carbocycles. The Bertz CT molecular complexity index is 225. The monoisotopic (exact) mass is 149 g/mol. The first-order valence-electron chi connectivity index (χ1n) is 3.57. The summed E-state index contributed by atoms with van der Waals surface area (Å²) >= 11 is 0. The summed E-state index contributed by atoms with van der Waals surface area (Å²) in [7, 11) is 1.06. The average Bonchev–Trinajstić information content (AvgIpc) is 2.06. The van der Waals surface area contributed by atoms with E-state index in [0.29, 0.717) is 6.61 Å². The summed E-state index contributed by atoms with van der Waals surface area (Å²) in [4.78, 5) is 0. The van der Waals surface area contributed by atoms with Crippen molar-refractivity contribution in [3.63, 3.8) is 0 Å². The van der Waals surface area contributed by atoms with Crippen molar-refractivity contribution < 1.29 is 9.76 Å². The van der Waals surface area contributed by atoms with Crippen LogP contribution in [-0.2, 0) is 0 Å². The molecule has 0 aliphatic carbocycles. The molecule has 0 aliphatic rings. The Labute approximate surface area is 67.1 Å². The molecule has 1 rings (SSSR count). The first-order valence-corrected chi connectivity index (χ1v) is 3.57. The number of hydrogen-bond donors (Lipinski definition) is 1. The lowest BCUT2D eigenvalue weighted by Crippen LogP contribution is -2.12. The van der Waals surface area contributed by atoms with Gasteiger partial charge in [-0.3, -0.25) is 0 Å². The van der Waals surface area contributed by atoms with Crippen molar-refractivity contribution in [3.8, 4) is 5.75 Å². The van der Waals surface area contributed by atoms with E-state index in [9.17, 15) is 0 Å². The summed E-state index contributed by atoms with van der Waals surface area (Å²) in [5.41, 5.74) is 0.760.